The maximum Gasteiger partial charge on any atom is 0.337 e. The number of carbonyl (C=O) groups is 1. The molecular formula is C27H31F2NO3. The van der Waals surface area contributed by atoms with Crippen LogP contribution in [0.3, 0.4) is 0 Å². The van der Waals surface area contributed by atoms with Gasteiger partial charge < -0.3 is 14.7 Å². The van der Waals surface area contributed by atoms with Crippen molar-refractivity contribution in [3.8, 4) is 0 Å². The van der Waals surface area contributed by atoms with Crippen LogP contribution in [0.25, 0.3) is 5.57 Å². The van der Waals surface area contributed by atoms with E-state index in [-0.39, 0.29) is 18.3 Å². The molecule has 33 heavy (non-hydrogen) atoms. The first-order valence-corrected chi connectivity index (χ1v) is 11.7. The van der Waals surface area contributed by atoms with Gasteiger partial charge in [0.05, 0.1) is 18.8 Å². The van der Waals surface area contributed by atoms with Crippen molar-refractivity contribution < 1.29 is 23.4 Å². The Morgan fingerprint density at radius 2 is 2.00 bits per heavy atom. The van der Waals surface area contributed by atoms with E-state index in [2.05, 4.69) is 6.08 Å². The van der Waals surface area contributed by atoms with Crippen LogP contribution in [0.2, 0.25) is 0 Å². The van der Waals surface area contributed by atoms with Crippen molar-refractivity contribution in [3.05, 3.63) is 76.4 Å². The average molecular weight is 456 g/mol. The Kier molecular flexibility index (Phi) is 7.56. The second-order valence-corrected chi connectivity index (χ2v) is 8.97. The zero-order chi connectivity index (χ0) is 23.4. The zero-order valence-corrected chi connectivity index (χ0v) is 19.0. The highest BCUT2D eigenvalue weighted by Crippen LogP contribution is 2.34. The van der Waals surface area contributed by atoms with Crippen molar-refractivity contribution in [1.29, 1.82) is 0 Å². The van der Waals surface area contributed by atoms with Crippen molar-refractivity contribution >= 4 is 11.5 Å². The molecule has 0 bridgehead atoms. The average Bonchev–Trinajstić information content (AvgIpc) is 3.21. The van der Waals surface area contributed by atoms with Crippen LogP contribution in [0.4, 0.5) is 8.78 Å². The quantitative estimate of drug-likeness (QED) is 0.580. The maximum absolute atomic E-state index is 12.5. The second-order valence-electron chi connectivity index (χ2n) is 8.97. The van der Waals surface area contributed by atoms with Gasteiger partial charge in [0.2, 0.25) is 6.43 Å². The van der Waals surface area contributed by atoms with Gasteiger partial charge in [0, 0.05) is 25.4 Å². The second kappa shape index (κ2) is 10.6. The predicted octanol–water partition coefficient (Wildman–Crippen LogP) is 5.25. The van der Waals surface area contributed by atoms with E-state index in [1.165, 1.54) is 7.11 Å². The van der Waals surface area contributed by atoms with Gasteiger partial charge in [-0.15, -0.1) is 0 Å². The summed E-state index contributed by atoms with van der Waals surface area (Å²) in [6.07, 6.45) is 2.93. The van der Waals surface area contributed by atoms with E-state index < -0.39 is 12.5 Å². The first-order chi connectivity index (χ1) is 16.0. The number of ether oxygens (including phenoxy) is 1. The fraction of sp³-hybridized carbons (Fsp3) is 0.444. The monoisotopic (exact) mass is 455 g/mol. The molecule has 4 rings (SSSR count). The molecule has 1 aliphatic heterocycles. The molecule has 0 spiro atoms. The molecule has 0 saturated carbocycles. The van der Waals surface area contributed by atoms with Gasteiger partial charge in [0.1, 0.15) is 0 Å². The van der Waals surface area contributed by atoms with Crippen LogP contribution in [-0.4, -0.2) is 49.1 Å². The number of halogens is 2. The molecule has 0 radical (unpaired) electrons. The summed E-state index contributed by atoms with van der Waals surface area (Å²) in [5.41, 5.74) is 5.90. The number of aliphatic hydroxyl groups is 1. The van der Waals surface area contributed by atoms with Gasteiger partial charge in [-0.25, -0.2) is 13.6 Å². The van der Waals surface area contributed by atoms with Gasteiger partial charge >= 0.3 is 5.97 Å². The Labute approximate surface area is 193 Å². The van der Waals surface area contributed by atoms with Gasteiger partial charge in [0.25, 0.3) is 0 Å². The number of hydrogen-bond donors (Lipinski definition) is 1. The molecule has 4 nitrogen and oxygen atoms in total. The van der Waals surface area contributed by atoms with Gasteiger partial charge in [-0.2, -0.15) is 0 Å². The molecule has 1 saturated heterocycles. The van der Waals surface area contributed by atoms with E-state index in [0.29, 0.717) is 18.7 Å². The molecule has 2 aliphatic rings. The number of aryl methyl sites for hydroxylation is 1. The number of esters is 1. The first-order valence-electron chi connectivity index (χ1n) is 11.7. The molecule has 2 aromatic rings. The number of carbonyl (C=O) groups excluding carboxylic acids is 1. The molecule has 2 unspecified atom stereocenters. The van der Waals surface area contributed by atoms with Crippen molar-refractivity contribution in [2.24, 2.45) is 5.92 Å². The summed E-state index contributed by atoms with van der Waals surface area (Å²) < 4.78 is 29.8. The molecule has 2 aromatic carbocycles. The van der Waals surface area contributed by atoms with Crippen LogP contribution in [0.15, 0.2) is 48.5 Å². The number of fused-ring (bicyclic) bond motifs is 1. The number of nitrogens with zero attached hydrogens (tertiary/aromatic N) is 1. The van der Waals surface area contributed by atoms with E-state index in [1.807, 2.05) is 47.4 Å². The Bertz CT molecular complexity index is 1000. The fourth-order valence-electron chi connectivity index (χ4n) is 4.97. The molecule has 1 N–H and O–H groups in total. The van der Waals surface area contributed by atoms with Crippen LogP contribution in [-0.2, 0) is 11.2 Å². The largest absolute Gasteiger partial charge is 0.465 e. The molecule has 1 aliphatic carbocycles. The normalized spacial score (nSPS) is 19.7. The Hall–Kier alpha value is -2.57. The minimum absolute atomic E-state index is 0.0584. The summed E-state index contributed by atoms with van der Waals surface area (Å²) in [5.74, 6) is -0.270. The Balaban J connectivity index is 1.48. The number of alkyl halides is 2. The van der Waals surface area contributed by atoms with Crippen molar-refractivity contribution in [3.63, 3.8) is 0 Å². The molecule has 1 fully saturated rings. The summed E-state index contributed by atoms with van der Waals surface area (Å²) in [6.45, 7) is 1.78. The molecule has 2 atom stereocenters. The van der Waals surface area contributed by atoms with Crippen molar-refractivity contribution in [1.82, 2.24) is 4.90 Å². The molecule has 0 aromatic heterocycles. The topological polar surface area (TPSA) is 49.8 Å². The summed E-state index contributed by atoms with van der Waals surface area (Å²) in [7, 11) is 1.39. The predicted molar refractivity (Wildman–Crippen MR) is 124 cm³/mol. The van der Waals surface area contributed by atoms with Crippen LogP contribution >= 0.6 is 0 Å². The lowest BCUT2D eigenvalue weighted by molar-refractivity contribution is 0.0600. The standard InChI is InChI=1S/C27H31F2NO3/c1-33-27(32)21-10-11-24-20(16-21)4-2-3-5-23(24)18-6-8-19(9-7-18)26(31)22-12-14-30(17-22)15-13-25(28)29/h5-11,16,22,25-26,31H,2-4,12-15,17H2,1H3. The molecular weight excluding hydrogens is 424 g/mol. The van der Waals surface area contributed by atoms with Crippen LogP contribution in [0.5, 0.6) is 0 Å². The maximum atomic E-state index is 12.5. The summed E-state index contributed by atoms with van der Waals surface area (Å²) in [6, 6.07) is 13.7. The lowest BCUT2D eigenvalue weighted by Gasteiger charge is -2.20. The number of methoxy groups -OCH3 is 1. The Morgan fingerprint density at radius 3 is 2.73 bits per heavy atom. The van der Waals surface area contributed by atoms with E-state index in [4.69, 9.17) is 4.74 Å². The summed E-state index contributed by atoms with van der Waals surface area (Å²) in [5, 5.41) is 10.9. The molecule has 0 amide bonds. The molecule has 6 heteroatoms. The van der Waals surface area contributed by atoms with E-state index in [9.17, 15) is 18.7 Å². The third-order valence-electron chi connectivity index (χ3n) is 6.80. The summed E-state index contributed by atoms with van der Waals surface area (Å²) >= 11 is 0. The van der Waals surface area contributed by atoms with Gasteiger partial charge in [0.15, 0.2) is 0 Å². The third kappa shape index (κ3) is 5.50. The van der Waals surface area contributed by atoms with E-state index >= 15 is 0 Å². The minimum atomic E-state index is -2.28. The number of rotatable bonds is 7. The van der Waals surface area contributed by atoms with Crippen LogP contribution in [0, 0.1) is 5.92 Å². The first kappa shape index (κ1) is 23.6. The minimum Gasteiger partial charge on any atom is -0.465 e. The van der Waals surface area contributed by atoms with Gasteiger partial charge in [-0.1, -0.05) is 36.4 Å². The number of likely N-dealkylation sites (tertiary alicyclic amines) is 1. The highest BCUT2D eigenvalue weighted by molar-refractivity contribution is 5.91. The molecule has 1 heterocycles. The molecule has 176 valence electrons. The highest BCUT2D eigenvalue weighted by atomic mass is 19.3. The SMILES string of the molecule is COC(=O)c1ccc2c(c1)CCCC=C2c1ccc(C(O)C2CCN(CCC(F)F)C2)cc1. The number of allylic oxidation sites excluding steroid dienone is 1. The smallest absolute Gasteiger partial charge is 0.337 e. The van der Waals surface area contributed by atoms with Gasteiger partial charge in [-0.3, -0.25) is 0 Å². The van der Waals surface area contributed by atoms with E-state index in [1.54, 1.807) is 0 Å². The van der Waals surface area contributed by atoms with Crippen molar-refractivity contribution in [2.75, 3.05) is 26.7 Å². The zero-order valence-electron chi connectivity index (χ0n) is 19.0. The summed E-state index contributed by atoms with van der Waals surface area (Å²) in [4.78, 5) is 14.0. The van der Waals surface area contributed by atoms with Gasteiger partial charge in [-0.05, 0) is 72.2 Å². The Morgan fingerprint density at radius 1 is 1.21 bits per heavy atom. The van der Waals surface area contributed by atoms with E-state index in [0.717, 1.165) is 60.1 Å². The van der Waals surface area contributed by atoms with Crippen LogP contribution < -0.4 is 0 Å². The number of hydrogen-bond acceptors (Lipinski definition) is 4. The van der Waals surface area contributed by atoms with Crippen LogP contribution in [0.1, 0.15) is 64.4 Å². The third-order valence-corrected chi connectivity index (χ3v) is 6.80. The van der Waals surface area contributed by atoms with Crippen molar-refractivity contribution in [2.45, 2.75) is 44.6 Å². The number of benzene rings is 2. The fourth-order valence-corrected chi connectivity index (χ4v) is 4.97. The lowest BCUT2D eigenvalue weighted by atomic mass is 9.90. The lowest BCUT2D eigenvalue weighted by Crippen LogP contribution is -2.25. The highest BCUT2D eigenvalue weighted by Gasteiger charge is 2.29. The number of aliphatic hydroxyl groups excluding tert-OH is 1.